The number of hydrogen-bond donors (Lipinski definition) is 2. The first-order valence-corrected chi connectivity index (χ1v) is 7.12. The number of aryl methyl sites for hydroxylation is 1. The van der Waals surface area contributed by atoms with Crippen LogP contribution in [0.1, 0.15) is 34.3 Å². The molecule has 2 nitrogen and oxygen atoms in total. The summed E-state index contributed by atoms with van der Waals surface area (Å²) in [5.41, 5.74) is 9.96. The molecule has 106 valence electrons. The number of halogens is 1. The SMILES string of the molecule is Cc1cccc(C(O)C(CN)c2ccccc2Cl)c1C. The summed E-state index contributed by atoms with van der Waals surface area (Å²) in [6.45, 7) is 4.41. The van der Waals surface area contributed by atoms with Crippen molar-refractivity contribution in [2.75, 3.05) is 6.54 Å². The number of hydrogen-bond acceptors (Lipinski definition) is 2. The van der Waals surface area contributed by atoms with Crippen LogP contribution in [0, 0.1) is 13.8 Å². The smallest absolute Gasteiger partial charge is 0.0873 e. The topological polar surface area (TPSA) is 46.2 Å². The minimum absolute atomic E-state index is 0.204. The maximum atomic E-state index is 10.7. The highest BCUT2D eigenvalue weighted by molar-refractivity contribution is 6.31. The highest BCUT2D eigenvalue weighted by Crippen LogP contribution is 2.35. The fourth-order valence-corrected chi connectivity index (χ4v) is 2.79. The Morgan fingerprint density at radius 3 is 2.35 bits per heavy atom. The molecule has 2 rings (SSSR count). The van der Waals surface area contributed by atoms with Gasteiger partial charge >= 0.3 is 0 Å². The average molecular weight is 290 g/mol. The number of aliphatic hydroxyl groups excluding tert-OH is 1. The molecule has 3 heteroatoms. The van der Waals surface area contributed by atoms with E-state index in [0.717, 1.165) is 22.3 Å². The highest BCUT2D eigenvalue weighted by atomic mass is 35.5. The van der Waals surface area contributed by atoms with Gasteiger partial charge in [-0.2, -0.15) is 0 Å². The summed E-state index contributed by atoms with van der Waals surface area (Å²) in [5.74, 6) is -0.204. The zero-order valence-corrected chi connectivity index (χ0v) is 12.6. The Bertz CT molecular complexity index is 597. The van der Waals surface area contributed by atoms with Gasteiger partial charge in [-0.3, -0.25) is 0 Å². The summed E-state index contributed by atoms with van der Waals surface area (Å²) >= 11 is 6.23. The average Bonchev–Trinajstić information content (AvgIpc) is 2.44. The molecule has 0 fully saturated rings. The van der Waals surface area contributed by atoms with Crippen LogP contribution in [-0.2, 0) is 0 Å². The highest BCUT2D eigenvalue weighted by Gasteiger charge is 2.24. The van der Waals surface area contributed by atoms with Crippen LogP contribution in [-0.4, -0.2) is 11.7 Å². The van der Waals surface area contributed by atoms with E-state index in [9.17, 15) is 5.11 Å². The van der Waals surface area contributed by atoms with Crippen LogP contribution in [0.3, 0.4) is 0 Å². The summed E-state index contributed by atoms with van der Waals surface area (Å²) in [4.78, 5) is 0. The molecule has 0 spiro atoms. The number of benzene rings is 2. The standard InChI is InChI=1S/C17H20ClNO/c1-11-6-5-8-13(12(11)2)17(20)15(10-19)14-7-3-4-9-16(14)18/h3-9,15,17,20H,10,19H2,1-2H3. The Balaban J connectivity index is 2.42. The van der Waals surface area contributed by atoms with Crippen LogP contribution in [0.15, 0.2) is 42.5 Å². The van der Waals surface area contributed by atoms with Gasteiger partial charge in [0.25, 0.3) is 0 Å². The van der Waals surface area contributed by atoms with Crippen molar-refractivity contribution in [2.45, 2.75) is 25.9 Å². The van der Waals surface area contributed by atoms with Gasteiger partial charge < -0.3 is 10.8 Å². The van der Waals surface area contributed by atoms with Gasteiger partial charge in [0.2, 0.25) is 0 Å². The summed E-state index contributed by atoms with van der Waals surface area (Å²) in [6.07, 6.45) is -0.653. The minimum atomic E-state index is -0.653. The van der Waals surface area contributed by atoms with Gasteiger partial charge in [0.15, 0.2) is 0 Å². The lowest BCUT2D eigenvalue weighted by molar-refractivity contribution is 0.146. The maximum Gasteiger partial charge on any atom is 0.0873 e. The van der Waals surface area contributed by atoms with Gasteiger partial charge in [-0.15, -0.1) is 0 Å². The second-order valence-electron chi connectivity index (χ2n) is 5.10. The Hall–Kier alpha value is -1.35. The van der Waals surface area contributed by atoms with Crippen molar-refractivity contribution in [1.29, 1.82) is 0 Å². The fourth-order valence-electron chi connectivity index (χ4n) is 2.51. The molecule has 0 heterocycles. The molecule has 3 N–H and O–H groups in total. The van der Waals surface area contributed by atoms with Crippen molar-refractivity contribution < 1.29 is 5.11 Å². The molecule has 0 radical (unpaired) electrons. The van der Waals surface area contributed by atoms with E-state index >= 15 is 0 Å². The minimum Gasteiger partial charge on any atom is -0.388 e. The van der Waals surface area contributed by atoms with Crippen LogP contribution in [0.4, 0.5) is 0 Å². The molecular weight excluding hydrogens is 270 g/mol. The fraction of sp³-hybridized carbons (Fsp3) is 0.294. The predicted octanol–water partition coefficient (Wildman–Crippen LogP) is 3.73. The van der Waals surface area contributed by atoms with Crippen molar-refractivity contribution in [3.8, 4) is 0 Å². The van der Waals surface area contributed by atoms with Crippen LogP contribution in [0.2, 0.25) is 5.02 Å². The van der Waals surface area contributed by atoms with Crippen molar-refractivity contribution in [3.63, 3.8) is 0 Å². The summed E-state index contributed by atoms with van der Waals surface area (Å²) in [6, 6.07) is 13.5. The van der Waals surface area contributed by atoms with E-state index < -0.39 is 6.10 Å². The van der Waals surface area contributed by atoms with Crippen LogP contribution in [0.25, 0.3) is 0 Å². The second-order valence-corrected chi connectivity index (χ2v) is 5.50. The third-order valence-corrected chi connectivity index (χ3v) is 4.25. The van der Waals surface area contributed by atoms with Gasteiger partial charge in [-0.1, -0.05) is 48.0 Å². The van der Waals surface area contributed by atoms with Gasteiger partial charge in [0.1, 0.15) is 0 Å². The molecule has 0 saturated heterocycles. The molecule has 0 aliphatic rings. The Morgan fingerprint density at radius 1 is 1.05 bits per heavy atom. The lowest BCUT2D eigenvalue weighted by Crippen LogP contribution is -2.21. The molecule has 2 aromatic carbocycles. The van der Waals surface area contributed by atoms with E-state index in [0.29, 0.717) is 11.6 Å². The van der Waals surface area contributed by atoms with E-state index in [1.807, 2.05) is 56.3 Å². The number of aliphatic hydroxyl groups is 1. The van der Waals surface area contributed by atoms with Crippen molar-refractivity contribution in [3.05, 3.63) is 69.7 Å². The van der Waals surface area contributed by atoms with Crippen molar-refractivity contribution >= 4 is 11.6 Å². The zero-order chi connectivity index (χ0) is 14.7. The molecule has 0 amide bonds. The molecule has 2 atom stereocenters. The molecule has 0 aliphatic heterocycles. The zero-order valence-electron chi connectivity index (χ0n) is 11.8. The molecular formula is C17H20ClNO. The van der Waals surface area contributed by atoms with E-state index in [1.54, 1.807) is 0 Å². The second kappa shape index (κ2) is 6.40. The summed E-state index contributed by atoms with van der Waals surface area (Å²) in [7, 11) is 0. The number of nitrogens with two attached hydrogens (primary N) is 1. The molecule has 2 unspecified atom stereocenters. The van der Waals surface area contributed by atoms with Crippen LogP contribution < -0.4 is 5.73 Å². The Labute approximate surface area is 125 Å². The molecule has 0 aliphatic carbocycles. The first kappa shape index (κ1) is 15.0. The lowest BCUT2D eigenvalue weighted by atomic mass is 9.86. The summed E-state index contributed by atoms with van der Waals surface area (Å²) in [5, 5.41) is 11.4. The molecule has 2 aromatic rings. The maximum absolute atomic E-state index is 10.7. The van der Waals surface area contributed by atoms with Crippen LogP contribution >= 0.6 is 11.6 Å². The van der Waals surface area contributed by atoms with Crippen molar-refractivity contribution in [1.82, 2.24) is 0 Å². The van der Waals surface area contributed by atoms with Crippen molar-refractivity contribution in [2.24, 2.45) is 5.73 Å². The first-order valence-electron chi connectivity index (χ1n) is 6.75. The van der Waals surface area contributed by atoms with E-state index in [4.69, 9.17) is 17.3 Å². The molecule has 0 saturated carbocycles. The van der Waals surface area contributed by atoms with E-state index in [1.165, 1.54) is 0 Å². The predicted molar refractivity (Wildman–Crippen MR) is 84.1 cm³/mol. The number of rotatable bonds is 4. The normalized spacial score (nSPS) is 14.1. The largest absolute Gasteiger partial charge is 0.388 e. The molecule has 0 bridgehead atoms. The summed E-state index contributed by atoms with van der Waals surface area (Å²) < 4.78 is 0. The lowest BCUT2D eigenvalue weighted by Gasteiger charge is -2.25. The Kier molecular flexibility index (Phi) is 4.81. The first-order chi connectivity index (χ1) is 9.56. The van der Waals surface area contributed by atoms with E-state index in [2.05, 4.69) is 0 Å². The van der Waals surface area contributed by atoms with E-state index in [-0.39, 0.29) is 5.92 Å². The van der Waals surface area contributed by atoms with Crippen LogP contribution in [0.5, 0.6) is 0 Å². The van der Waals surface area contributed by atoms with Gasteiger partial charge in [0, 0.05) is 17.5 Å². The third-order valence-electron chi connectivity index (χ3n) is 3.90. The quantitative estimate of drug-likeness (QED) is 0.901. The molecule has 0 aromatic heterocycles. The molecule has 20 heavy (non-hydrogen) atoms. The monoisotopic (exact) mass is 289 g/mol. The van der Waals surface area contributed by atoms with Gasteiger partial charge in [0.05, 0.1) is 6.10 Å². The Morgan fingerprint density at radius 2 is 1.70 bits per heavy atom. The van der Waals surface area contributed by atoms with Gasteiger partial charge in [-0.25, -0.2) is 0 Å². The third kappa shape index (κ3) is 2.88. The van der Waals surface area contributed by atoms with Gasteiger partial charge in [-0.05, 0) is 42.2 Å².